The molecule has 0 spiro atoms. The largest absolute Gasteiger partial charge is 0.385 e. The number of benzene rings is 1. The third-order valence-electron chi connectivity index (χ3n) is 2.77. The topological polar surface area (TPSA) is 12.0 Å². The van der Waals surface area contributed by atoms with Gasteiger partial charge in [-0.05, 0) is 55.5 Å². The van der Waals surface area contributed by atoms with Crippen LogP contribution in [-0.2, 0) is 12.8 Å². The Bertz CT molecular complexity index is 277. The molecule has 0 amide bonds. The molecule has 0 aliphatic heterocycles. The van der Waals surface area contributed by atoms with Gasteiger partial charge in [0.05, 0.1) is 0 Å². The highest BCUT2D eigenvalue weighted by molar-refractivity contribution is 5.52. The van der Waals surface area contributed by atoms with Crippen LogP contribution in [0.2, 0.25) is 0 Å². The number of rotatable bonds is 4. The summed E-state index contributed by atoms with van der Waals surface area (Å²) in [6, 6.07) is 4.55. The molecule has 0 atom stereocenters. The molecule has 0 heterocycles. The Kier molecular flexibility index (Phi) is 3.99. The Morgan fingerprint density at radius 3 is 1.86 bits per heavy atom. The molecule has 0 radical (unpaired) electrons. The number of aryl methyl sites for hydroxylation is 2. The maximum Gasteiger partial charge on any atom is 0.0345 e. The molecule has 1 aromatic carbocycles. The number of hydrogen-bond donors (Lipinski definition) is 1. The molecule has 1 aromatic rings. The predicted molar refractivity (Wildman–Crippen MR) is 64.1 cm³/mol. The summed E-state index contributed by atoms with van der Waals surface area (Å²) in [5.74, 6) is 0. The van der Waals surface area contributed by atoms with Crippen molar-refractivity contribution in [1.82, 2.24) is 0 Å². The van der Waals surface area contributed by atoms with Crippen molar-refractivity contribution in [3.63, 3.8) is 0 Å². The summed E-state index contributed by atoms with van der Waals surface area (Å²) in [6.45, 7) is 9.80. The molecule has 1 nitrogen and oxygen atoms in total. The summed E-state index contributed by atoms with van der Waals surface area (Å²) in [4.78, 5) is 0. The molecule has 0 bridgehead atoms. The highest BCUT2D eigenvalue weighted by Gasteiger charge is 2.03. The molecule has 0 aliphatic rings. The van der Waals surface area contributed by atoms with E-state index in [4.69, 9.17) is 0 Å². The van der Waals surface area contributed by atoms with E-state index < -0.39 is 0 Å². The lowest BCUT2D eigenvalue weighted by molar-refractivity contribution is 1.04. The average Bonchev–Trinajstić information content (AvgIpc) is 2.20. The second-order valence-corrected chi connectivity index (χ2v) is 3.66. The first-order valence-corrected chi connectivity index (χ1v) is 5.59. The van der Waals surface area contributed by atoms with E-state index in [1.165, 1.54) is 22.4 Å². The lowest BCUT2D eigenvalue weighted by atomic mass is 9.98. The van der Waals surface area contributed by atoms with E-state index in [1.807, 2.05) is 0 Å². The van der Waals surface area contributed by atoms with Crippen LogP contribution in [0.3, 0.4) is 0 Å². The molecule has 0 saturated carbocycles. The normalized spacial score (nSPS) is 10.3. The third-order valence-corrected chi connectivity index (χ3v) is 2.77. The second kappa shape index (κ2) is 5.04. The summed E-state index contributed by atoms with van der Waals surface area (Å²) < 4.78 is 0. The van der Waals surface area contributed by atoms with Gasteiger partial charge in [0.15, 0.2) is 0 Å². The van der Waals surface area contributed by atoms with E-state index in [2.05, 4.69) is 45.1 Å². The summed E-state index contributed by atoms with van der Waals surface area (Å²) in [7, 11) is 0. The minimum atomic E-state index is 0.995. The first kappa shape index (κ1) is 11.1. The lowest BCUT2D eigenvalue weighted by Gasteiger charge is -2.13. The molecule has 14 heavy (non-hydrogen) atoms. The zero-order chi connectivity index (χ0) is 10.6. The Labute approximate surface area is 87.5 Å². The molecular weight excluding hydrogens is 170 g/mol. The minimum Gasteiger partial charge on any atom is -0.385 e. The molecule has 0 saturated heterocycles. The quantitative estimate of drug-likeness (QED) is 0.767. The molecule has 1 N–H and O–H groups in total. The van der Waals surface area contributed by atoms with Crippen LogP contribution >= 0.6 is 0 Å². The lowest BCUT2D eigenvalue weighted by Crippen LogP contribution is -2.01. The molecule has 0 fully saturated rings. The van der Waals surface area contributed by atoms with E-state index in [-0.39, 0.29) is 0 Å². The summed E-state index contributed by atoms with van der Waals surface area (Å²) in [6.07, 6.45) is 2.25. The highest BCUT2D eigenvalue weighted by atomic mass is 14.8. The van der Waals surface area contributed by atoms with Gasteiger partial charge in [-0.3, -0.25) is 0 Å². The summed E-state index contributed by atoms with van der Waals surface area (Å²) in [5, 5.41) is 3.38. The molecule has 1 rings (SSSR count). The van der Waals surface area contributed by atoms with Crippen molar-refractivity contribution >= 4 is 5.69 Å². The molecule has 0 aliphatic carbocycles. The fourth-order valence-electron chi connectivity index (χ4n) is 1.88. The Morgan fingerprint density at radius 2 is 1.50 bits per heavy atom. The first-order valence-electron chi connectivity index (χ1n) is 5.59. The van der Waals surface area contributed by atoms with Gasteiger partial charge in [0.2, 0.25) is 0 Å². The fourth-order valence-corrected chi connectivity index (χ4v) is 1.88. The van der Waals surface area contributed by atoms with Gasteiger partial charge in [-0.1, -0.05) is 13.8 Å². The second-order valence-electron chi connectivity index (χ2n) is 3.66. The summed E-state index contributed by atoms with van der Waals surface area (Å²) in [5.41, 5.74) is 5.68. The van der Waals surface area contributed by atoms with Crippen molar-refractivity contribution in [2.24, 2.45) is 0 Å². The van der Waals surface area contributed by atoms with Crippen molar-refractivity contribution in [3.05, 3.63) is 28.8 Å². The van der Waals surface area contributed by atoms with Crippen molar-refractivity contribution < 1.29 is 0 Å². The van der Waals surface area contributed by atoms with Crippen LogP contribution in [0.25, 0.3) is 0 Å². The van der Waals surface area contributed by atoms with Gasteiger partial charge < -0.3 is 5.32 Å². The predicted octanol–water partition coefficient (Wildman–Crippen LogP) is 3.55. The maximum absolute atomic E-state index is 3.38. The Morgan fingerprint density at radius 1 is 1.00 bits per heavy atom. The average molecular weight is 191 g/mol. The number of hydrogen-bond acceptors (Lipinski definition) is 1. The van der Waals surface area contributed by atoms with Gasteiger partial charge in [-0.15, -0.1) is 0 Å². The zero-order valence-corrected chi connectivity index (χ0v) is 9.78. The van der Waals surface area contributed by atoms with E-state index in [1.54, 1.807) is 0 Å². The fraction of sp³-hybridized carbons (Fsp3) is 0.538. The standard InChI is InChI=1S/C13H21N/c1-5-11-8-13(14-7-3)9-12(6-2)10(11)4/h8-9,14H,5-7H2,1-4H3. The Balaban J connectivity index is 3.11. The van der Waals surface area contributed by atoms with Crippen molar-refractivity contribution in [2.75, 3.05) is 11.9 Å². The van der Waals surface area contributed by atoms with Gasteiger partial charge in [0.25, 0.3) is 0 Å². The smallest absolute Gasteiger partial charge is 0.0345 e. The van der Waals surface area contributed by atoms with Gasteiger partial charge in [0.1, 0.15) is 0 Å². The summed E-state index contributed by atoms with van der Waals surface area (Å²) >= 11 is 0. The SMILES string of the molecule is CCNc1cc(CC)c(C)c(CC)c1. The minimum absolute atomic E-state index is 0.995. The number of nitrogens with one attached hydrogen (secondary N) is 1. The first-order chi connectivity index (χ1) is 6.72. The third kappa shape index (κ3) is 2.28. The van der Waals surface area contributed by atoms with Crippen molar-refractivity contribution in [3.8, 4) is 0 Å². The van der Waals surface area contributed by atoms with E-state index in [9.17, 15) is 0 Å². The van der Waals surface area contributed by atoms with Crippen molar-refractivity contribution in [1.29, 1.82) is 0 Å². The van der Waals surface area contributed by atoms with Gasteiger partial charge in [-0.25, -0.2) is 0 Å². The highest BCUT2D eigenvalue weighted by Crippen LogP contribution is 2.21. The maximum atomic E-state index is 3.38. The van der Waals surface area contributed by atoms with Gasteiger partial charge >= 0.3 is 0 Å². The van der Waals surface area contributed by atoms with Crippen LogP contribution in [0.5, 0.6) is 0 Å². The monoisotopic (exact) mass is 191 g/mol. The van der Waals surface area contributed by atoms with Crippen LogP contribution < -0.4 is 5.32 Å². The van der Waals surface area contributed by atoms with E-state index in [0.717, 1.165) is 19.4 Å². The van der Waals surface area contributed by atoms with Crippen LogP contribution in [0, 0.1) is 6.92 Å². The van der Waals surface area contributed by atoms with E-state index in [0.29, 0.717) is 0 Å². The molecule has 78 valence electrons. The van der Waals surface area contributed by atoms with Crippen LogP contribution in [0.15, 0.2) is 12.1 Å². The van der Waals surface area contributed by atoms with Gasteiger partial charge in [0, 0.05) is 12.2 Å². The van der Waals surface area contributed by atoms with Gasteiger partial charge in [-0.2, -0.15) is 0 Å². The molecule has 0 unspecified atom stereocenters. The van der Waals surface area contributed by atoms with Crippen molar-refractivity contribution in [2.45, 2.75) is 40.5 Å². The molecule has 0 aromatic heterocycles. The van der Waals surface area contributed by atoms with Crippen LogP contribution in [0.1, 0.15) is 37.5 Å². The Hall–Kier alpha value is -0.980. The van der Waals surface area contributed by atoms with Crippen LogP contribution in [0.4, 0.5) is 5.69 Å². The van der Waals surface area contributed by atoms with E-state index >= 15 is 0 Å². The van der Waals surface area contributed by atoms with Crippen LogP contribution in [-0.4, -0.2) is 6.54 Å². The number of anilines is 1. The zero-order valence-electron chi connectivity index (χ0n) is 9.78. The molecular formula is C13H21N. The molecule has 1 heteroatoms.